The first-order valence-electron chi connectivity index (χ1n) is 7.49. The quantitative estimate of drug-likeness (QED) is 0.817. The van der Waals surface area contributed by atoms with E-state index in [2.05, 4.69) is 11.8 Å². The fourth-order valence-electron chi connectivity index (χ4n) is 4.01. The fraction of sp³-hybridized carbons (Fsp3) is 1.00. The highest BCUT2D eigenvalue weighted by Gasteiger charge is 2.37. The number of methoxy groups -OCH3 is 1. The molecule has 3 nitrogen and oxygen atoms in total. The normalized spacial score (nSPS) is 38.2. The van der Waals surface area contributed by atoms with Crippen LogP contribution in [0.2, 0.25) is 0 Å². The largest absolute Gasteiger partial charge is 0.396 e. The second kappa shape index (κ2) is 6.36. The van der Waals surface area contributed by atoms with Crippen LogP contribution in [0.4, 0.5) is 0 Å². The van der Waals surface area contributed by atoms with Gasteiger partial charge in [0.05, 0.1) is 6.61 Å². The van der Waals surface area contributed by atoms with E-state index in [-0.39, 0.29) is 5.41 Å². The first kappa shape index (κ1) is 14.3. The van der Waals surface area contributed by atoms with E-state index in [9.17, 15) is 5.11 Å². The molecule has 18 heavy (non-hydrogen) atoms. The molecule has 3 atom stereocenters. The SMILES string of the molecule is COCC1CCN(CC2(CO)CCCC(C)C2)C1. The lowest BCUT2D eigenvalue weighted by Crippen LogP contribution is -2.42. The number of rotatable bonds is 5. The summed E-state index contributed by atoms with van der Waals surface area (Å²) in [6.45, 7) is 7.02. The van der Waals surface area contributed by atoms with Crippen molar-refractivity contribution >= 4 is 0 Å². The predicted octanol–water partition coefficient (Wildman–Crippen LogP) is 2.14. The van der Waals surface area contributed by atoms with E-state index in [1.54, 1.807) is 7.11 Å². The summed E-state index contributed by atoms with van der Waals surface area (Å²) in [6, 6.07) is 0. The van der Waals surface area contributed by atoms with E-state index in [1.807, 2.05) is 0 Å². The number of aliphatic hydroxyl groups excluding tert-OH is 1. The van der Waals surface area contributed by atoms with E-state index < -0.39 is 0 Å². The molecular formula is C15H29NO2. The van der Waals surface area contributed by atoms with Crippen molar-refractivity contribution in [3.8, 4) is 0 Å². The molecule has 1 N–H and O–H groups in total. The highest BCUT2D eigenvalue weighted by molar-refractivity contribution is 4.89. The summed E-state index contributed by atoms with van der Waals surface area (Å²) >= 11 is 0. The zero-order chi connectivity index (χ0) is 13.0. The van der Waals surface area contributed by atoms with Gasteiger partial charge in [0.15, 0.2) is 0 Å². The number of likely N-dealkylation sites (tertiary alicyclic amines) is 1. The maximum Gasteiger partial charge on any atom is 0.0503 e. The third kappa shape index (κ3) is 3.46. The Balaban J connectivity index is 1.87. The van der Waals surface area contributed by atoms with Gasteiger partial charge in [0.2, 0.25) is 0 Å². The Hall–Kier alpha value is -0.120. The van der Waals surface area contributed by atoms with Crippen molar-refractivity contribution in [2.24, 2.45) is 17.3 Å². The molecular weight excluding hydrogens is 226 g/mol. The van der Waals surface area contributed by atoms with Gasteiger partial charge in [0.1, 0.15) is 0 Å². The maximum absolute atomic E-state index is 9.84. The second-order valence-corrected chi connectivity index (χ2v) is 6.70. The molecule has 0 radical (unpaired) electrons. The summed E-state index contributed by atoms with van der Waals surface area (Å²) in [7, 11) is 1.79. The zero-order valence-electron chi connectivity index (χ0n) is 12.0. The molecule has 1 aliphatic carbocycles. The Morgan fingerprint density at radius 1 is 1.39 bits per heavy atom. The Labute approximate surface area is 112 Å². The molecule has 2 fully saturated rings. The smallest absolute Gasteiger partial charge is 0.0503 e. The first-order valence-corrected chi connectivity index (χ1v) is 7.49. The molecule has 1 heterocycles. The molecule has 106 valence electrons. The minimum Gasteiger partial charge on any atom is -0.396 e. The molecule has 2 aliphatic rings. The van der Waals surface area contributed by atoms with Crippen LogP contribution in [0.15, 0.2) is 0 Å². The van der Waals surface area contributed by atoms with Crippen LogP contribution in [0.3, 0.4) is 0 Å². The Bertz CT molecular complexity index is 259. The summed E-state index contributed by atoms with van der Waals surface area (Å²) in [5.41, 5.74) is 0.180. The molecule has 0 bridgehead atoms. The number of ether oxygens (including phenoxy) is 1. The lowest BCUT2D eigenvalue weighted by atomic mass is 9.70. The summed E-state index contributed by atoms with van der Waals surface area (Å²) in [4.78, 5) is 2.55. The molecule has 2 rings (SSSR count). The van der Waals surface area contributed by atoms with Crippen LogP contribution in [0, 0.1) is 17.3 Å². The van der Waals surface area contributed by atoms with Crippen LogP contribution in [0.1, 0.15) is 39.0 Å². The van der Waals surface area contributed by atoms with Crippen molar-refractivity contribution < 1.29 is 9.84 Å². The predicted molar refractivity (Wildman–Crippen MR) is 73.6 cm³/mol. The third-order valence-corrected chi connectivity index (χ3v) is 4.85. The highest BCUT2D eigenvalue weighted by Crippen LogP contribution is 2.40. The van der Waals surface area contributed by atoms with Crippen LogP contribution in [-0.2, 0) is 4.74 Å². The number of hydrogen-bond donors (Lipinski definition) is 1. The van der Waals surface area contributed by atoms with E-state index in [0.29, 0.717) is 12.5 Å². The van der Waals surface area contributed by atoms with Gasteiger partial charge in [-0.15, -0.1) is 0 Å². The molecule has 0 aromatic carbocycles. The van der Waals surface area contributed by atoms with Crippen LogP contribution in [-0.4, -0.2) is 50.0 Å². The Kier molecular flexibility index (Phi) is 5.05. The van der Waals surface area contributed by atoms with Gasteiger partial charge >= 0.3 is 0 Å². The van der Waals surface area contributed by atoms with Gasteiger partial charge in [0, 0.05) is 32.2 Å². The van der Waals surface area contributed by atoms with E-state index in [0.717, 1.165) is 25.6 Å². The molecule has 0 amide bonds. The van der Waals surface area contributed by atoms with E-state index >= 15 is 0 Å². The monoisotopic (exact) mass is 255 g/mol. The Morgan fingerprint density at radius 3 is 2.89 bits per heavy atom. The minimum atomic E-state index is 0.180. The second-order valence-electron chi connectivity index (χ2n) is 6.70. The average Bonchev–Trinajstić information content (AvgIpc) is 2.77. The van der Waals surface area contributed by atoms with Crippen molar-refractivity contribution in [2.45, 2.75) is 39.0 Å². The summed E-state index contributed by atoms with van der Waals surface area (Å²) < 4.78 is 5.26. The van der Waals surface area contributed by atoms with Crippen molar-refractivity contribution in [3.05, 3.63) is 0 Å². The molecule has 1 saturated heterocycles. The molecule has 1 aliphatic heterocycles. The summed E-state index contributed by atoms with van der Waals surface area (Å²) in [6.07, 6.45) is 6.30. The third-order valence-electron chi connectivity index (χ3n) is 4.85. The first-order chi connectivity index (χ1) is 8.67. The maximum atomic E-state index is 9.84. The number of hydrogen-bond acceptors (Lipinski definition) is 3. The molecule has 3 heteroatoms. The number of nitrogens with zero attached hydrogens (tertiary/aromatic N) is 1. The summed E-state index contributed by atoms with van der Waals surface area (Å²) in [5.74, 6) is 1.48. The zero-order valence-corrected chi connectivity index (χ0v) is 12.0. The molecule has 0 aromatic heterocycles. The van der Waals surface area contributed by atoms with Crippen LogP contribution < -0.4 is 0 Å². The van der Waals surface area contributed by atoms with Crippen molar-refractivity contribution in [2.75, 3.05) is 40.0 Å². The van der Waals surface area contributed by atoms with Gasteiger partial charge in [-0.1, -0.05) is 19.8 Å². The minimum absolute atomic E-state index is 0.180. The van der Waals surface area contributed by atoms with Crippen molar-refractivity contribution in [1.82, 2.24) is 4.90 Å². The van der Waals surface area contributed by atoms with Crippen molar-refractivity contribution in [1.29, 1.82) is 0 Å². The summed E-state index contributed by atoms with van der Waals surface area (Å²) in [5, 5.41) is 9.84. The van der Waals surface area contributed by atoms with Crippen LogP contribution >= 0.6 is 0 Å². The highest BCUT2D eigenvalue weighted by atomic mass is 16.5. The Morgan fingerprint density at radius 2 is 2.22 bits per heavy atom. The van der Waals surface area contributed by atoms with Gasteiger partial charge in [-0.05, 0) is 37.6 Å². The lowest BCUT2D eigenvalue weighted by molar-refractivity contribution is 0.0282. The van der Waals surface area contributed by atoms with Crippen LogP contribution in [0.25, 0.3) is 0 Å². The van der Waals surface area contributed by atoms with E-state index in [4.69, 9.17) is 4.74 Å². The molecule has 3 unspecified atom stereocenters. The fourth-order valence-corrected chi connectivity index (χ4v) is 4.01. The van der Waals surface area contributed by atoms with E-state index in [1.165, 1.54) is 38.6 Å². The van der Waals surface area contributed by atoms with Crippen molar-refractivity contribution in [3.63, 3.8) is 0 Å². The van der Waals surface area contributed by atoms with Gasteiger partial charge < -0.3 is 14.7 Å². The lowest BCUT2D eigenvalue weighted by Gasteiger charge is -2.41. The standard InChI is InChI=1S/C15H29NO2/c1-13-4-3-6-15(8-13,12-17)11-16-7-5-14(9-16)10-18-2/h13-14,17H,3-12H2,1-2H3. The van der Waals surface area contributed by atoms with Gasteiger partial charge in [-0.2, -0.15) is 0 Å². The van der Waals surface area contributed by atoms with Gasteiger partial charge in [-0.3, -0.25) is 0 Å². The molecule has 0 spiro atoms. The average molecular weight is 255 g/mol. The van der Waals surface area contributed by atoms with Gasteiger partial charge in [-0.25, -0.2) is 0 Å². The topological polar surface area (TPSA) is 32.7 Å². The van der Waals surface area contributed by atoms with Crippen LogP contribution in [0.5, 0.6) is 0 Å². The molecule has 0 aromatic rings. The van der Waals surface area contributed by atoms with Gasteiger partial charge in [0.25, 0.3) is 0 Å². The number of aliphatic hydroxyl groups is 1. The molecule has 1 saturated carbocycles.